The number of likely N-dealkylation sites (tertiary alicyclic amines) is 1. The van der Waals surface area contributed by atoms with Gasteiger partial charge in [-0.3, -0.25) is 4.79 Å². The van der Waals surface area contributed by atoms with E-state index in [9.17, 15) is 4.79 Å². The second-order valence-corrected chi connectivity index (χ2v) is 7.30. The summed E-state index contributed by atoms with van der Waals surface area (Å²) in [6.07, 6.45) is 1.15. The molecule has 0 radical (unpaired) electrons. The number of rotatable bonds is 7. The van der Waals surface area contributed by atoms with Crippen molar-refractivity contribution in [2.24, 2.45) is 0 Å². The highest BCUT2D eigenvalue weighted by Crippen LogP contribution is 2.28. The lowest BCUT2D eigenvalue weighted by Gasteiger charge is -2.28. The van der Waals surface area contributed by atoms with Crippen LogP contribution in [0.5, 0.6) is 0 Å². The molecular formula is C25H25NO2. The molecule has 0 unspecified atom stereocenters. The molecule has 3 heteroatoms. The van der Waals surface area contributed by atoms with Crippen molar-refractivity contribution in [2.75, 3.05) is 0 Å². The van der Waals surface area contributed by atoms with Crippen molar-refractivity contribution in [1.29, 1.82) is 0 Å². The van der Waals surface area contributed by atoms with Gasteiger partial charge in [0.1, 0.15) is 0 Å². The van der Waals surface area contributed by atoms with Crippen LogP contribution in [0, 0.1) is 0 Å². The average molecular weight is 371 g/mol. The predicted octanol–water partition coefficient (Wildman–Crippen LogP) is 4.62. The Kier molecular flexibility index (Phi) is 5.83. The third kappa shape index (κ3) is 4.49. The first-order valence-corrected chi connectivity index (χ1v) is 9.82. The molecule has 0 aromatic heterocycles. The first-order valence-electron chi connectivity index (χ1n) is 9.82. The van der Waals surface area contributed by atoms with Crippen LogP contribution < -0.4 is 0 Å². The smallest absolute Gasteiger partial charge is 0.225 e. The van der Waals surface area contributed by atoms with Crippen LogP contribution in [-0.4, -0.2) is 23.0 Å². The van der Waals surface area contributed by atoms with Gasteiger partial charge in [0, 0.05) is 6.54 Å². The van der Waals surface area contributed by atoms with Crippen LogP contribution in [0.4, 0.5) is 0 Å². The molecule has 0 saturated carbocycles. The van der Waals surface area contributed by atoms with Gasteiger partial charge in [0.2, 0.25) is 5.91 Å². The van der Waals surface area contributed by atoms with Crippen molar-refractivity contribution in [3.63, 3.8) is 0 Å². The fraction of sp³-hybridized carbons (Fsp3) is 0.240. The minimum Gasteiger partial charge on any atom is -0.371 e. The maximum atomic E-state index is 12.8. The highest BCUT2D eigenvalue weighted by Gasteiger charge is 2.40. The van der Waals surface area contributed by atoms with E-state index in [1.54, 1.807) is 0 Å². The molecule has 0 bridgehead atoms. The summed E-state index contributed by atoms with van der Waals surface area (Å²) in [6, 6.07) is 30.8. The number of hydrogen-bond acceptors (Lipinski definition) is 2. The quantitative estimate of drug-likeness (QED) is 0.607. The Morgan fingerprint density at radius 3 is 1.89 bits per heavy atom. The van der Waals surface area contributed by atoms with E-state index in [0.717, 1.165) is 17.5 Å². The standard InChI is InChI=1S/C25H25NO2/c27-25-17-24(28-19-22-14-8-3-9-15-22)23(16-20-10-4-1-5-11-20)26(25)18-21-12-6-2-7-13-21/h1-15,23-24H,16-19H2/t23-,24-/m1/s1. The van der Waals surface area contributed by atoms with Gasteiger partial charge in [0.05, 0.1) is 25.2 Å². The fourth-order valence-corrected chi connectivity index (χ4v) is 3.84. The molecule has 1 heterocycles. The van der Waals surface area contributed by atoms with E-state index in [1.807, 2.05) is 59.5 Å². The molecule has 2 atom stereocenters. The normalized spacial score (nSPS) is 19.1. The lowest BCUT2D eigenvalue weighted by molar-refractivity contribution is -0.129. The SMILES string of the molecule is O=C1C[C@@H](OCc2ccccc2)[C@@H](Cc2ccccc2)N1Cc1ccccc1. The summed E-state index contributed by atoms with van der Waals surface area (Å²) >= 11 is 0. The molecule has 0 N–H and O–H groups in total. The van der Waals surface area contributed by atoms with E-state index in [2.05, 4.69) is 36.4 Å². The topological polar surface area (TPSA) is 29.5 Å². The fourth-order valence-electron chi connectivity index (χ4n) is 3.84. The zero-order chi connectivity index (χ0) is 19.2. The number of hydrogen-bond donors (Lipinski definition) is 0. The molecule has 3 aromatic rings. The Balaban J connectivity index is 1.53. The highest BCUT2D eigenvalue weighted by molar-refractivity contribution is 5.80. The van der Waals surface area contributed by atoms with Crippen molar-refractivity contribution in [1.82, 2.24) is 4.90 Å². The van der Waals surface area contributed by atoms with Crippen LogP contribution in [0.25, 0.3) is 0 Å². The molecule has 0 spiro atoms. The third-order valence-electron chi connectivity index (χ3n) is 5.32. The van der Waals surface area contributed by atoms with Crippen LogP contribution in [0.15, 0.2) is 91.0 Å². The summed E-state index contributed by atoms with van der Waals surface area (Å²) < 4.78 is 6.25. The average Bonchev–Trinajstić information content (AvgIpc) is 3.03. The number of nitrogens with zero attached hydrogens (tertiary/aromatic N) is 1. The number of ether oxygens (including phenoxy) is 1. The Morgan fingerprint density at radius 1 is 0.750 bits per heavy atom. The zero-order valence-electron chi connectivity index (χ0n) is 15.9. The first-order chi connectivity index (χ1) is 13.8. The summed E-state index contributed by atoms with van der Waals surface area (Å²) in [5, 5.41) is 0. The molecule has 4 rings (SSSR count). The molecule has 1 saturated heterocycles. The van der Waals surface area contributed by atoms with Crippen molar-refractivity contribution in [3.8, 4) is 0 Å². The van der Waals surface area contributed by atoms with Gasteiger partial charge in [-0.1, -0.05) is 91.0 Å². The molecule has 142 valence electrons. The molecular weight excluding hydrogens is 346 g/mol. The van der Waals surface area contributed by atoms with Crippen LogP contribution in [-0.2, 0) is 29.1 Å². The van der Waals surface area contributed by atoms with Gasteiger partial charge >= 0.3 is 0 Å². The van der Waals surface area contributed by atoms with Gasteiger partial charge in [-0.05, 0) is 23.1 Å². The second-order valence-electron chi connectivity index (χ2n) is 7.30. The van der Waals surface area contributed by atoms with Crippen LogP contribution in [0.3, 0.4) is 0 Å². The summed E-state index contributed by atoms with van der Waals surface area (Å²) in [5.74, 6) is 0.169. The Bertz CT molecular complexity index is 880. The number of carbonyl (C=O) groups is 1. The van der Waals surface area contributed by atoms with Crippen LogP contribution in [0.2, 0.25) is 0 Å². The lowest BCUT2D eigenvalue weighted by Crippen LogP contribution is -2.39. The van der Waals surface area contributed by atoms with E-state index in [0.29, 0.717) is 19.6 Å². The van der Waals surface area contributed by atoms with E-state index in [4.69, 9.17) is 4.74 Å². The van der Waals surface area contributed by atoms with E-state index >= 15 is 0 Å². The van der Waals surface area contributed by atoms with Gasteiger partial charge in [-0.15, -0.1) is 0 Å². The Hall–Kier alpha value is -2.91. The summed E-state index contributed by atoms with van der Waals surface area (Å²) in [6.45, 7) is 1.16. The zero-order valence-corrected chi connectivity index (χ0v) is 15.9. The summed E-state index contributed by atoms with van der Waals surface area (Å²) in [4.78, 5) is 14.8. The van der Waals surface area contributed by atoms with Gasteiger partial charge < -0.3 is 9.64 Å². The van der Waals surface area contributed by atoms with Crippen LogP contribution >= 0.6 is 0 Å². The summed E-state index contributed by atoms with van der Waals surface area (Å²) in [7, 11) is 0. The van der Waals surface area contributed by atoms with E-state index in [1.165, 1.54) is 5.56 Å². The molecule has 1 amide bonds. The number of amides is 1. The first kappa shape index (κ1) is 18.5. The maximum Gasteiger partial charge on any atom is 0.225 e. The molecule has 1 aliphatic heterocycles. The largest absolute Gasteiger partial charge is 0.371 e. The van der Waals surface area contributed by atoms with Gasteiger partial charge in [-0.25, -0.2) is 0 Å². The van der Waals surface area contributed by atoms with Gasteiger partial charge in [0.25, 0.3) is 0 Å². The number of carbonyl (C=O) groups excluding carboxylic acids is 1. The van der Waals surface area contributed by atoms with Crippen molar-refractivity contribution >= 4 is 5.91 Å². The monoisotopic (exact) mass is 371 g/mol. The minimum absolute atomic E-state index is 0.0406. The minimum atomic E-state index is -0.100. The molecule has 0 aliphatic carbocycles. The molecule has 28 heavy (non-hydrogen) atoms. The molecule has 1 fully saturated rings. The Morgan fingerprint density at radius 2 is 1.29 bits per heavy atom. The third-order valence-corrected chi connectivity index (χ3v) is 5.32. The van der Waals surface area contributed by atoms with Gasteiger partial charge in [-0.2, -0.15) is 0 Å². The number of benzene rings is 3. The molecule has 3 aromatic carbocycles. The van der Waals surface area contributed by atoms with Crippen LogP contribution in [0.1, 0.15) is 23.1 Å². The highest BCUT2D eigenvalue weighted by atomic mass is 16.5. The van der Waals surface area contributed by atoms with Crippen molar-refractivity contribution < 1.29 is 9.53 Å². The van der Waals surface area contributed by atoms with E-state index < -0.39 is 0 Å². The van der Waals surface area contributed by atoms with Crippen molar-refractivity contribution in [3.05, 3.63) is 108 Å². The molecule has 1 aliphatic rings. The predicted molar refractivity (Wildman–Crippen MR) is 111 cm³/mol. The second kappa shape index (κ2) is 8.85. The Labute approximate surface area is 166 Å². The maximum absolute atomic E-state index is 12.8. The lowest BCUT2D eigenvalue weighted by atomic mass is 10.0. The molecule has 3 nitrogen and oxygen atoms in total. The van der Waals surface area contributed by atoms with Crippen molar-refractivity contribution in [2.45, 2.75) is 38.1 Å². The van der Waals surface area contributed by atoms with E-state index in [-0.39, 0.29) is 18.1 Å². The summed E-state index contributed by atoms with van der Waals surface area (Å²) in [5.41, 5.74) is 3.51. The van der Waals surface area contributed by atoms with Gasteiger partial charge in [0.15, 0.2) is 0 Å².